The van der Waals surface area contributed by atoms with Gasteiger partial charge in [-0.15, -0.1) is 11.6 Å². The third kappa shape index (κ3) is 6.13. The number of likely N-dealkylation sites (tertiary alicyclic amines) is 1. The van der Waals surface area contributed by atoms with Crippen LogP contribution in [0.25, 0.3) is 0 Å². The van der Waals surface area contributed by atoms with Crippen molar-refractivity contribution in [2.75, 3.05) is 13.1 Å². The number of carbonyl (C=O) groups is 1. The Balaban J connectivity index is 1.47. The van der Waals surface area contributed by atoms with Gasteiger partial charge in [-0.3, -0.25) is 4.79 Å². The number of halogens is 1. The molecule has 1 saturated heterocycles. The van der Waals surface area contributed by atoms with E-state index < -0.39 is 0 Å². The van der Waals surface area contributed by atoms with Crippen LogP contribution < -0.4 is 0 Å². The number of carbonyl (C=O) groups excluding carboxylic acids is 1. The number of aliphatic hydroxyl groups is 1. The average Bonchev–Trinajstić information content (AvgIpc) is 2.76. The van der Waals surface area contributed by atoms with E-state index in [1.165, 1.54) is 12.8 Å². The minimum Gasteiger partial charge on any atom is -0.393 e. The molecular weight excluding hydrogens is 394 g/mol. The van der Waals surface area contributed by atoms with E-state index in [4.69, 9.17) is 11.6 Å². The van der Waals surface area contributed by atoms with Crippen molar-refractivity contribution in [3.63, 3.8) is 0 Å². The Kier molecular flexibility index (Phi) is 8.89. The van der Waals surface area contributed by atoms with Crippen LogP contribution in [0.5, 0.6) is 0 Å². The van der Waals surface area contributed by atoms with E-state index in [9.17, 15) is 9.90 Å². The normalized spacial score (nSPS) is 32.4. The minimum atomic E-state index is -0.358. The predicted molar refractivity (Wildman–Crippen MR) is 125 cm³/mol. The number of aliphatic hydroxyl groups excluding tert-OH is 1. The highest BCUT2D eigenvalue weighted by Gasteiger charge is 2.35. The Labute approximate surface area is 188 Å². The van der Waals surface area contributed by atoms with Crippen LogP contribution in [0.1, 0.15) is 72.1 Å². The molecule has 1 aliphatic heterocycles. The third-order valence-electron chi connectivity index (χ3n) is 8.06. The van der Waals surface area contributed by atoms with Crippen LogP contribution in [-0.4, -0.2) is 40.5 Å². The molecule has 5 unspecified atom stereocenters. The van der Waals surface area contributed by atoms with Gasteiger partial charge < -0.3 is 10.0 Å². The van der Waals surface area contributed by atoms with E-state index in [0.717, 1.165) is 57.0 Å². The topological polar surface area (TPSA) is 40.5 Å². The summed E-state index contributed by atoms with van der Waals surface area (Å²) in [5.74, 6) is 2.94. The molecule has 3 rings (SSSR count). The molecule has 0 radical (unpaired) electrons. The van der Waals surface area contributed by atoms with E-state index >= 15 is 0 Å². The standard InChI is InChI=1S/C26H42ClNO2/c1-18(2)23(11-12-25(29)21-7-5-4-6-8-21)26(30)28-15-13-20(14-16-28)22-10-9-19(3)24(27)17-22/h4-7,18-25,29H,8-17H2,1-3H3/t19?,21?,22?,23-,24?,25?/m1/s1. The molecule has 1 saturated carbocycles. The van der Waals surface area contributed by atoms with Gasteiger partial charge in [0.2, 0.25) is 5.91 Å². The van der Waals surface area contributed by atoms with Crippen molar-refractivity contribution in [3.8, 4) is 0 Å². The monoisotopic (exact) mass is 435 g/mol. The van der Waals surface area contributed by atoms with Gasteiger partial charge in [0.15, 0.2) is 0 Å². The first-order valence-corrected chi connectivity index (χ1v) is 12.7. The second kappa shape index (κ2) is 11.2. The van der Waals surface area contributed by atoms with Crippen molar-refractivity contribution in [3.05, 3.63) is 24.3 Å². The van der Waals surface area contributed by atoms with Crippen LogP contribution in [0.4, 0.5) is 0 Å². The summed E-state index contributed by atoms with van der Waals surface area (Å²) in [6.45, 7) is 8.36. The molecule has 0 spiro atoms. The average molecular weight is 436 g/mol. The first kappa shape index (κ1) is 23.9. The lowest BCUT2D eigenvalue weighted by atomic mass is 9.73. The van der Waals surface area contributed by atoms with Crippen LogP contribution in [0.15, 0.2) is 24.3 Å². The Bertz CT molecular complexity index is 608. The molecular formula is C26H42ClNO2. The summed E-state index contributed by atoms with van der Waals surface area (Å²) in [6.07, 6.45) is 16.2. The van der Waals surface area contributed by atoms with Gasteiger partial charge in [0, 0.05) is 30.3 Å². The van der Waals surface area contributed by atoms with E-state index in [1.54, 1.807) is 0 Å². The fraction of sp³-hybridized carbons (Fsp3) is 0.808. The second-order valence-corrected chi connectivity index (χ2v) is 11.0. The summed E-state index contributed by atoms with van der Waals surface area (Å²) in [5, 5.41) is 10.9. The van der Waals surface area contributed by atoms with Crippen molar-refractivity contribution in [2.24, 2.45) is 35.5 Å². The van der Waals surface area contributed by atoms with Gasteiger partial charge in [-0.2, -0.15) is 0 Å². The maximum Gasteiger partial charge on any atom is 0.225 e. The number of hydrogen-bond donors (Lipinski definition) is 1. The number of allylic oxidation sites excluding steroid dienone is 3. The highest BCUT2D eigenvalue weighted by Crippen LogP contribution is 2.40. The molecule has 2 fully saturated rings. The summed E-state index contributed by atoms with van der Waals surface area (Å²) in [5.41, 5.74) is 0. The summed E-state index contributed by atoms with van der Waals surface area (Å²) < 4.78 is 0. The van der Waals surface area contributed by atoms with Crippen LogP contribution in [0.2, 0.25) is 0 Å². The van der Waals surface area contributed by atoms with Crippen LogP contribution in [0, 0.1) is 35.5 Å². The zero-order chi connectivity index (χ0) is 21.7. The van der Waals surface area contributed by atoms with Gasteiger partial charge in [0.25, 0.3) is 0 Å². The summed E-state index contributed by atoms with van der Waals surface area (Å²) in [6, 6.07) is 0. The molecule has 0 bridgehead atoms. The lowest BCUT2D eigenvalue weighted by Crippen LogP contribution is -2.45. The smallest absolute Gasteiger partial charge is 0.225 e. The molecule has 1 amide bonds. The van der Waals surface area contributed by atoms with Gasteiger partial charge in [0.1, 0.15) is 0 Å². The fourth-order valence-electron chi connectivity index (χ4n) is 5.74. The molecule has 1 heterocycles. The van der Waals surface area contributed by atoms with E-state index in [-0.39, 0.29) is 17.9 Å². The number of amides is 1. The maximum absolute atomic E-state index is 13.3. The molecule has 1 N–H and O–H groups in total. The van der Waals surface area contributed by atoms with Gasteiger partial charge in [-0.25, -0.2) is 0 Å². The van der Waals surface area contributed by atoms with E-state index in [1.807, 2.05) is 12.2 Å². The van der Waals surface area contributed by atoms with Gasteiger partial charge in [-0.05, 0) is 75.0 Å². The SMILES string of the molecule is CC1CCC(C2CCN(C(=O)[C@H](CCC(O)C3C=CC=CC3)C(C)C)CC2)CC1Cl. The second-order valence-electron chi connectivity index (χ2n) is 10.4. The van der Waals surface area contributed by atoms with E-state index in [2.05, 4.69) is 37.8 Å². The lowest BCUT2D eigenvalue weighted by Gasteiger charge is -2.41. The van der Waals surface area contributed by atoms with Crippen LogP contribution >= 0.6 is 11.6 Å². The molecule has 170 valence electrons. The van der Waals surface area contributed by atoms with Crippen molar-refractivity contribution >= 4 is 17.5 Å². The fourth-order valence-corrected chi connectivity index (χ4v) is 6.10. The molecule has 3 nitrogen and oxygen atoms in total. The first-order valence-electron chi connectivity index (χ1n) is 12.3. The quantitative estimate of drug-likeness (QED) is 0.512. The van der Waals surface area contributed by atoms with Crippen molar-refractivity contribution in [1.82, 2.24) is 4.90 Å². The predicted octanol–water partition coefficient (Wildman–Crippen LogP) is 5.81. The van der Waals surface area contributed by atoms with Crippen LogP contribution in [0.3, 0.4) is 0 Å². The molecule has 3 aliphatic rings. The number of alkyl halides is 1. The van der Waals surface area contributed by atoms with Gasteiger partial charge in [-0.1, -0.05) is 45.1 Å². The molecule has 6 atom stereocenters. The molecule has 4 heteroatoms. The maximum atomic E-state index is 13.3. The third-order valence-corrected chi connectivity index (χ3v) is 8.67. The Hall–Kier alpha value is -0.800. The molecule has 0 aromatic rings. The number of nitrogens with zero attached hydrogens (tertiary/aromatic N) is 1. The van der Waals surface area contributed by atoms with Crippen molar-refractivity contribution < 1.29 is 9.90 Å². The zero-order valence-electron chi connectivity index (χ0n) is 19.2. The first-order chi connectivity index (χ1) is 14.4. The van der Waals surface area contributed by atoms with Gasteiger partial charge >= 0.3 is 0 Å². The lowest BCUT2D eigenvalue weighted by molar-refractivity contribution is -0.139. The number of rotatable bonds is 7. The summed E-state index contributed by atoms with van der Waals surface area (Å²) in [7, 11) is 0. The highest BCUT2D eigenvalue weighted by atomic mass is 35.5. The molecule has 2 aliphatic carbocycles. The summed E-state index contributed by atoms with van der Waals surface area (Å²) >= 11 is 6.56. The zero-order valence-corrected chi connectivity index (χ0v) is 19.9. The van der Waals surface area contributed by atoms with Crippen LogP contribution in [-0.2, 0) is 4.79 Å². The molecule has 0 aromatic carbocycles. The summed E-state index contributed by atoms with van der Waals surface area (Å²) in [4.78, 5) is 15.4. The Morgan fingerprint density at radius 3 is 2.43 bits per heavy atom. The Morgan fingerprint density at radius 1 is 1.10 bits per heavy atom. The van der Waals surface area contributed by atoms with Crippen molar-refractivity contribution in [2.45, 2.75) is 83.6 Å². The molecule has 0 aromatic heterocycles. The molecule has 30 heavy (non-hydrogen) atoms. The number of piperidine rings is 1. The minimum absolute atomic E-state index is 0.0158. The van der Waals surface area contributed by atoms with E-state index in [0.29, 0.717) is 29.5 Å². The largest absolute Gasteiger partial charge is 0.393 e. The highest BCUT2D eigenvalue weighted by molar-refractivity contribution is 6.20. The Morgan fingerprint density at radius 2 is 1.83 bits per heavy atom. The van der Waals surface area contributed by atoms with Crippen molar-refractivity contribution in [1.29, 1.82) is 0 Å². The van der Waals surface area contributed by atoms with Gasteiger partial charge in [0.05, 0.1) is 6.10 Å². The number of hydrogen-bond acceptors (Lipinski definition) is 2.